The maximum Gasteiger partial charge on any atom is 0.257 e. The van der Waals surface area contributed by atoms with Crippen LogP contribution in [0.2, 0.25) is 0 Å². The molecule has 1 aromatic rings. The molecule has 0 aliphatic carbocycles. The monoisotopic (exact) mass is 251 g/mol. The van der Waals surface area contributed by atoms with Crippen LogP contribution in [0.4, 0.5) is 0 Å². The molecule has 0 saturated heterocycles. The van der Waals surface area contributed by atoms with Crippen molar-refractivity contribution in [3.05, 3.63) is 29.8 Å². The van der Waals surface area contributed by atoms with Crippen LogP contribution in [0.25, 0.3) is 0 Å². The van der Waals surface area contributed by atoms with Crippen LogP contribution in [0, 0.1) is 5.92 Å². The van der Waals surface area contributed by atoms with E-state index in [0.717, 1.165) is 0 Å². The summed E-state index contributed by atoms with van der Waals surface area (Å²) in [5.41, 5.74) is 5.67. The van der Waals surface area contributed by atoms with Crippen molar-refractivity contribution in [3.63, 3.8) is 0 Å². The van der Waals surface area contributed by atoms with Crippen molar-refractivity contribution in [3.8, 4) is 5.75 Å². The molecule has 0 saturated carbocycles. The van der Waals surface area contributed by atoms with Gasteiger partial charge in [-0.15, -0.1) is 0 Å². The van der Waals surface area contributed by atoms with E-state index in [1.165, 1.54) is 11.0 Å². The van der Waals surface area contributed by atoms with Gasteiger partial charge in [0.1, 0.15) is 11.6 Å². The van der Waals surface area contributed by atoms with E-state index in [-0.39, 0.29) is 29.0 Å². The van der Waals surface area contributed by atoms with Crippen LogP contribution in [0.3, 0.4) is 0 Å². The summed E-state index contributed by atoms with van der Waals surface area (Å²) < 4.78 is 0. The number of phenolic OH excluding ortho intramolecular Hbond substituents is 1. The first-order chi connectivity index (χ1) is 8.47. The molecule has 1 unspecified atom stereocenters. The highest BCUT2D eigenvalue weighted by atomic mass is 16.4. The lowest BCUT2D eigenvalue weighted by Crippen LogP contribution is -2.36. The van der Waals surface area contributed by atoms with E-state index in [1.807, 2.05) is 0 Å². The van der Waals surface area contributed by atoms with E-state index < -0.39 is 0 Å². The SMILES string of the molecule is CC(CN(C)C(=O)c1ccccc1O)C(N)=NO. The van der Waals surface area contributed by atoms with Crippen LogP contribution < -0.4 is 5.73 Å². The second kappa shape index (κ2) is 5.90. The van der Waals surface area contributed by atoms with E-state index in [1.54, 1.807) is 32.2 Å². The topological polar surface area (TPSA) is 99.2 Å². The molecule has 4 N–H and O–H groups in total. The van der Waals surface area contributed by atoms with Crippen LogP contribution >= 0.6 is 0 Å². The van der Waals surface area contributed by atoms with Crippen molar-refractivity contribution in [1.29, 1.82) is 0 Å². The fraction of sp³-hybridized carbons (Fsp3) is 0.333. The van der Waals surface area contributed by atoms with Gasteiger partial charge in [-0.1, -0.05) is 24.2 Å². The summed E-state index contributed by atoms with van der Waals surface area (Å²) >= 11 is 0. The number of nitrogens with zero attached hydrogens (tertiary/aromatic N) is 2. The first-order valence-corrected chi connectivity index (χ1v) is 5.48. The number of nitrogens with two attached hydrogens (primary N) is 1. The minimum atomic E-state index is -0.314. The molecule has 6 heteroatoms. The van der Waals surface area contributed by atoms with Gasteiger partial charge in [0.25, 0.3) is 5.91 Å². The van der Waals surface area contributed by atoms with Gasteiger partial charge in [-0.2, -0.15) is 0 Å². The van der Waals surface area contributed by atoms with Crippen molar-refractivity contribution in [1.82, 2.24) is 4.90 Å². The number of carbonyl (C=O) groups excluding carboxylic acids is 1. The number of phenols is 1. The fourth-order valence-electron chi connectivity index (χ4n) is 1.55. The Balaban J connectivity index is 2.77. The second-order valence-corrected chi connectivity index (χ2v) is 4.13. The van der Waals surface area contributed by atoms with Crippen LogP contribution in [-0.4, -0.2) is 40.5 Å². The molecule has 98 valence electrons. The van der Waals surface area contributed by atoms with Crippen LogP contribution in [0.15, 0.2) is 29.4 Å². The van der Waals surface area contributed by atoms with Gasteiger partial charge >= 0.3 is 0 Å². The molecule has 0 radical (unpaired) electrons. The van der Waals surface area contributed by atoms with Gasteiger partial charge in [-0.25, -0.2) is 0 Å². The Morgan fingerprint density at radius 1 is 1.50 bits per heavy atom. The molecular weight excluding hydrogens is 234 g/mol. The number of para-hydroxylation sites is 1. The van der Waals surface area contributed by atoms with Crippen LogP contribution in [-0.2, 0) is 0 Å². The summed E-state index contributed by atoms with van der Waals surface area (Å²) in [6.07, 6.45) is 0. The summed E-state index contributed by atoms with van der Waals surface area (Å²) in [6, 6.07) is 6.31. The zero-order chi connectivity index (χ0) is 13.7. The highest BCUT2D eigenvalue weighted by Gasteiger charge is 2.18. The Labute approximate surface area is 105 Å². The maximum absolute atomic E-state index is 12.0. The predicted octanol–water partition coefficient (Wildman–Crippen LogP) is 0.847. The molecule has 0 aromatic heterocycles. The smallest absolute Gasteiger partial charge is 0.257 e. The number of amides is 1. The van der Waals surface area contributed by atoms with E-state index in [2.05, 4.69) is 5.16 Å². The normalized spacial score (nSPS) is 13.1. The molecule has 0 aliphatic heterocycles. The van der Waals surface area contributed by atoms with Crippen molar-refractivity contribution in [2.24, 2.45) is 16.8 Å². The van der Waals surface area contributed by atoms with Crippen LogP contribution in [0.5, 0.6) is 5.75 Å². The Morgan fingerprint density at radius 3 is 2.67 bits per heavy atom. The average molecular weight is 251 g/mol. The van der Waals surface area contributed by atoms with E-state index in [9.17, 15) is 9.90 Å². The molecule has 6 nitrogen and oxygen atoms in total. The van der Waals surface area contributed by atoms with Gasteiger partial charge < -0.3 is 20.9 Å². The number of hydrogen-bond donors (Lipinski definition) is 3. The molecule has 1 amide bonds. The predicted molar refractivity (Wildman–Crippen MR) is 67.6 cm³/mol. The average Bonchev–Trinajstić information content (AvgIpc) is 2.37. The molecule has 0 aliphatic rings. The number of oxime groups is 1. The Bertz CT molecular complexity index is 460. The molecule has 0 heterocycles. The Kier molecular flexibility index (Phi) is 4.53. The number of benzene rings is 1. The molecule has 1 atom stereocenters. The number of rotatable bonds is 4. The van der Waals surface area contributed by atoms with Crippen LogP contribution in [0.1, 0.15) is 17.3 Å². The summed E-state index contributed by atoms with van der Waals surface area (Å²) in [5.74, 6) is -0.585. The van der Waals surface area contributed by atoms with Crippen molar-refractivity contribution < 1.29 is 15.1 Å². The number of carbonyl (C=O) groups is 1. The van der Waals surface area contributed by atoms with E-state index in [4.69, 9.17) is 10.9 Å². The number of hydrogen-bond acceptors (Lipinski definition) is 4. The third-order valence-corrected chi connectivity index (χ3v) is 2.65. The Morgan fingerprint density at radius 2 is 2.11 bits per heavy atom. The van der Waals surface area contributed by atoms with Gasteiger partial charge in [-0.3, -0.25) is 4.79 Å². The fourth-order valence-corrected chi connectivity index (χ4v) is 1.55. The number of amidine groups is 1. The van der Waals surface area contributed by atoms with E-state index >= 15 is 0 Å². The summed E-state index contributed by atoms with van der Waals surface area (Å²) in [4.78, 5) is 13.4. The lowest BCUT2D eigenvalue weighted by atomic mass is 10.1. The molecule has 0 bridgehead atoms. The molecule has 1 rings (SSSR count). The van der Waals surface area contributed by atoms with Crippen molar-refractivity contribution in [2.75, 3.05) is 13.6 Å². The third-order valence-electron chi connectivity index (χ3n) is 2.65. The van der Waals surface area contributed by atoms with Gasteiger partial charge in [0.2, 0.25) is 0 Å². The van der Waals surface area contributed by atoms with Gasteiger partial charge in [0.05, 0.1) is 5.56 Å². The first-order valence-electron chi connectivity index (χ1n) is 5.48. The summed E-state index contributed by atoms with van der Waals surface area (Å²) in [5, 5.41) is 21.0. The maximum atomic E-state index is 12.0. The quantitative estimate of drug-likeness (QED) is 0.319. The first kappa shape index (κ1) is 13.8. The molecule has 1 aromatic carbocycles. The molecule has 18 heavy (non-hydrogen) atoms. The summed E-state index contributed by atoms with van der Waals surface area (Å²) in [6.45, 7) is 2.03. The van der Waals surface area contributed by atoms with Gasteiger partial charge in [-0.05, 0) is 12.1 Å². The van der Waals surface area contributed by atoms with Gasteiger partial charge in [0.15, 0.2) is 0 Å². The van der Waals surface area contributed by atoms with Crippen molar-refractivity contribution in [2.45, 2.75) is 6.92 Å². The second-order valence-electron chi connectivity index (χ2n) is 4.13. The highest BCUT2D eigenvalue weighted by Crippen LogP contribution is 2.17. The largest absolute Gasteiger partial charge is 0.507 e. The minimum Gasteiger partial charge on any atom is -0.507 e. The van der Waals surface area contributed by atoms with E-state index in [0.29, 0.717) is 6.54 Å². The van der Waals surface area contributed by atoms with Gasteiger partial charge in [0, 0.05) is 19.5 Å². The minimum absolute atomic E-state index is 0.0620. The Hall–Kier alpha value is -2.24. The lowest BCUT2D eigenvalue weighted by Gasteiger charge is -2.21. The highest BCUT2D eigenvalue weighted by molar-refractivity contribution is 5.97. The molecule has 0 spiro atoms. The molecular formula is C12H17N3O3. The third kappa shape index (κ3) is 3.13. The lowest BCUT2D eigenvalue weighted by molar-refractivity contribution is 0.0783. The number of aromatic hydroxyl groups is 1. The van der Waals surface area contributed by atoms with Crippen molar-refractivity contribution >= 4 is 11.7 Å². The summed E-state index contributed by atoms with van der Waals surface area (Å²) in [7, 11) is 1.59. The zero-order valence-corrected chi connectivity index (χ0v) is 10.4. The standard InChI is InChI=1S/C12H17N3O3/c1-8(11(13)14-18)7-15(2)12(17)9-5-3-4-6-10(9)16/h3-6,8,16,18H,7H2,1-2H3,(H2,13,14). The molecule has 0 fully saturated rings. The zero-order valence-electron chi connectivity index (χ0n) is 10.4.